The summed E-state index contributed by atoms with van der Waals surface area (Å²) in [5.41, 5.74) is 4.52. The normalized spacial score (nSPS) is 9.61. The van der Waals surface area contributed by atoms with Crippen molar-refractivity contribution < 1.29 is 16.1 Å². The zero-order valence-corrected chi connectivity index (χ0v) is 17.2. The Hall–Kier alpha value is -2.64. The number of benzene rings is 3. The molecule has 6 N–H and O–H groups in total. The number of halogens is 2. The Bertz CT molecular complexity index is 1040. The molecule has 0 aliphatic carbocycles. The van der Waals surface area contributed by atoms with E-state index in [0.717, 1.165) is 33.5 Å². The van der Waals surface area contributed by atoms with Gasteiger partial charge in [0.1, 0.15) is 5.75 Å². The highest BCUT2D eigenvalue weighted by molar-refractivity contribution is 8.93. The molecule has 0 spiro atoms. The van der Waals surface area contributed by atoms with Gasteiger partial charge < -0.3 is 21.4 Å². The second-order valence-corrected chi connectivity index (χ2v) is 6.19. The van der Waals surface area contributed by atoms with Crippen LogP contribution in [0.1, 0.15) is 0 Å². The number of aromatic hydroxyl groups is 1. The van der Waals surface area contributed by atoms with Crippen molar-refractivity contribution in [1.29, 1.82) is 0 Å². The number of nitrogens with one attached hydrogen (secondary N) is 1. The van der Waals surface area contributed by atoms with Crippen LogP contribution in [0.5, 0.6) is 5.75 Å². The van der Waals surface area contributed by atoms with Gasteiger partial charge in [0, 0.05) is 21.7 Å². The van der Waals surface area contributed by atoms with Crippen LogP contribution in [0.4, 0.5) is 11.4 Å². The molecule has 146 valence electrons. The van der Waals surface area contributed by atoms with Crippen LogP contribution in [0.3, 0.4) is 0 Å². The number of pyridine rings is 1. The maximum absolute atomic E-state index is 9.87. The summed E-state index contributed by atoms with van der Waals surface area (Å²) >= 11 is 5.96. The van der Waals surface area contributed by atoms with E-state index in [9.17, 15) is 5.11 Å². The van der Waals surface area contributed by atoms with Crippen molar-refractivity contribution in [1.82, 2.24) is 4.98 Å². The second-order valence-electron chi connectivity index (χ2n) is 5.75. The van der Waals surface area contributed by atoms with Gasteiger partial charge >= 0.3 is 0 Å². The second kappa shape index (κ2) is 10.1. The third-order valence-electron chi connectivity index (χ3n) is 3.99. The largest absolute Gasteiger partial charge is 0.508 e. The number of phenols is 1. The van der Waals surface area contributed by atoms with E-state index in [2.05, 4.69) is 5.32 Å². The molecule has 0 radical (unpaired) electrons. The van der Waals surface area contributed by atoms with Crippen molar-refractivity contribution in [2.24, 2.45) is 0 Å². The predicted octanol–water partition coefficient (Wildman–Crippen LogP) is 4.93. The van der Waals surface area contributed by atoms with Gasteiger partial charge in [-0.2, -0.15) is 0 Å². The topological polar surface area (TPSA) is 108 Å². The van der Waals surface area contributed by atoms with Crippen molar-refractivity contribution >= 4 is 50.9 Å². The molecule has 0 atom stereocenters. The summed E-state index contributed by atoms with van der Waals surface area (Å²) in [6.45, 7) is 0. The standard InChI is InChI=1S/C21H15ClN2O.BrH.2H2O/c22-15-6-8-16(9-7-15)23-21-13-20(14-4-2-1-3-5-14)24-19-11-10-17(25)12-18(19)21;;;/h1-13,25H,(H,23,24);1H;2*1H2. The maximum atomic E-state index is 9.87. The molecule has 0 amide bonds. The van der Waals surface area contributed by atoms with Crippen LogP contribution in [-0.2, 0) is 0 Å². The van der Waals surface area contributed by atoms with Crippen LogP contribution in [-0.4, -0.2) is 21.0 Å². The Kier molecular flexibility index (Phi) is 8.40. The summed E-state index contributed by atoms with van der Waals surface area (Å²) < 4.78 is 0. The van der Waals surface area contributed by atoms with Crippen LogP contribution in [0.25, 0.3) is 22.2 Å². The number of phenolic OH excluding ortho intramolecular Hbond substituents is 1. The summed E-state index contributed by atoms with van der Waals surface area (Å²) in [6.07, 6.45) is 0. The van der Waals surface area contributed by atoms with Crippen molar-refractivity contribution in [2.75, 3.05) is 5.32 Å². The molecule has 0 bridgehead atoms. The minimum absolute atomic E-state index is 0. The van der Waals surface area contributed by atoms with Crippen LogP contribution in [0, 0.1) is 0 Å². The SMILES string of the molecule is Br.O.O.Oc1ccc2nc(-c3ccccc3)cc(Nc3ccc(Cl)cc3)c2c1. The number of anilines is 2. The third kappa shape index (κ3) is 4.99. The minimum atomic E-state index is 0. The summed E-state index contributed by atoms with van der Waals surface area (Å²) in [4.78, 5) is 4.73. The van der Waals surface area contributed by atoms with E-state index in [1.165, 1.54) is 0 Å². The smallest absolute Gasteiger partial charge is 0.116 e. The summed E-state index contributed by atoms with van der Waals surface area (Å²) in [5.74, 6) is 0.209. The molecular weight excluding hydrogens is 444 g/mol. The molecule has 1 aromatic heterocycles. The zero-order chi connectivity index (χ0) is 17.2. The molecule has 0 saturated carbocycles. The van der Waals surface area contributed by atoms with Gasteiger partial charge in [-0.1, -0.05) is 41.9 Å². The van der Waals surface area contributed by atoms with E-state index in [0.29, 0.717) is 5.02 Å². The molecule has 3 aromatic carbocycles. The van der Waals surface area contributed by atoms with E-state index < -0.39 is 0 Å². The van der Waals surface area contributed by atoms with Gasteiger partial charge in [0.25, 0.3) is 0 Å². The Labute approximate surface area is 178 Å². The number of aromatic nitrogens is 1. The first kappa shape index (κ1) is 23.4. The molecule has 7 heteroatoms. The monoisotopic (exact) mass is 462 g/mol. The Morgan fingerprint density at radius 3 is 2.18 bits per heavy atom. The molecule has 0 aliphatic heterocycles. The van der Waals surface area contributed by atoms with Gasteiger partial charge in [0.05, 0.1) is 16.9 Å². The molecular formula is C21H20BrClN2O3. The molecule has 0 fully saturated rings. The van der Waals surface area contributed by atoms with E-state index in [1.807, 2.05) is 66.7 Å². The van der Waals surface area contributed by atoms with Gasteiger partial charge in [-0.25, -0.2) is 4.98 Å². The average molecular weight is 464 g/mol. The number of rotatable bonds is 3. The molecule has 0 saturated heterocycles. The lowest BCUT2D eigenvalue weighted by molar-refractivity contribution is 0.476. The number of hydrogen-bond donors (Lipinski definition) is 2. The van der Waals surface area contributed by atoms with Crippen molar-refractivity contribution in [3.05, 3.63) is 83.9 Å². The van der Waals surface area contributed by atoms with Crippen LogP contribution in [0.2, 0.25) is 5.02 Å². The predicted molar refractivity (Wildman–Crippen MR) is 121 cm³/mol. The number of nitrogens with zero attached hydrogens (tertiary/aromatic N) is 1. The molecule has 0 unspecified atom stereocenters. The summed E-state index contributed by atoms with van der Waals surface area (Å²) in [6, 6.07) is 24.7. The lowest BCUT2D eigenvalue weighted by Crippen LogP contribution is -1.95. The fourth-order valence-corrected chi connectivity index (χ4v) is 2.89. The molecule has 4 aromatic rings. The minimum Gasteiger partial charge on any atom is -0.508 e. The summed E-state index contributed by atoms with van der Waals surface area (Å²) in [5, 5.41) is 14.8. The van der Waals surface area contributed by atoms with Crippen molar-refractivity contribution in [3.8, 4) is 17.0 Å². The highest BCUT2D eigenvalue weighted by Crippen LogP contribution is 2.32. The van der Waals surface area contributed by atoms with E-state index in [-0.39, 0.29) is 33.7 Å². The first-order chi connectivity index (χ1) is 12.2. The Morgan fingerprint density at radius 2 is 1.50 bits per heavy atom. The van der Waals surface area contributed by atoms with Gasteiger partial charge in [-0.15, -0.1) is 17.0 Å². The fraction of sp³-hybridized carbons (Fsp3) is 0. The third-order valence-corrected chi connectivity index (χ3v) is 4.24. The molecule has 28 heavy (non-hydrogen) atoms. The lowest BCUT2D eigenvalue weighted by Gasteiger charge is -2.13. The molecule has 5 nitrogen and oxygen atoms in total. The first-order valence-corrected chi connectivity index (χ1v) is 8.29. The van der Waals surface area contributed by atoms with Gasteiger partial charge in [-0.3, -0.25) is 0 Å². The lowest BCUT2D eigenvalue weighted by atomic mass is 10.1. The summed E-state index contributed by atoms with van der Waals surface area (Å²) in [7, 11) is 0. The van der Waals surface area contributed by atoms with Gasteiger partial charge in [0.15, 0.2) is 0 Å². The highest BCUT2D eigenvalue weighted by Gasteiger charge is 2.09. The van der Waals surface area contributed by atoms with Crippen LogP contribution in [0.15, 0.2) is 78.9 Å². The highest BCUT2D eigenvalue weighted by atomic mass is 79.9. The van der Waals surface area contributed by atoms with E-state index >= 15 is 0 Å². The van der Waals surface area contributed by atoms with Crippen LogP contribution < -0.4 is 5.32 Å². The molecule has 0 aliphatic rings. The number of fused-ring (bicyclic) bond motifs is 1. The maximum Gasteiger partial charge on any atom is 0.116 e. The first-order valence-electron chi connectivity index (χ1n) is 7.91. The van der Waals surface area contributed by atoms with Crippen LogP contribution >= 0.6 is 28.6 Å². The van der Waals surface area contributed by atoms with Crippen molar-refractivity contribution in [3.63, 3.8) is 0 Å². The fourth-order valence-electron chi connectivity index (χ4n) is 2.76. The Morgan fingerprint density at radius 1 is 0.821 bits per heavy atom. The van der Waals surface area contributed by atoms with Gasteiger partial charge in [-0.05, 0) is 48.5 Å². The van der Waals surface area contributed by atoms with E-state index in [1.54, 1.807) is 12.1 Å². The molecule has 4 rings (SSSR count). The number of hydrogen-bond acceptors (Lipinski definition) is 3. The van der Waals surface area contributed by atoms with E-state index in [4.69, 9.17) is 16.6 Å². The average Bonchev–Trinajstić information content (AvgIpc) is 2.64. The quantitative estimate of drug-likeness (QED) is 0.449. The zero-order valence-electron chi connectivity index (χ0n) is 14.7. The van der Waals surface area contributed by atoms with Crippen molar-refractivity contribution in [2.45, 2.75) is 0 Å². The molecule has 1 heterocycles. The Balaban J connectivity index is 0.00000131. The van der Waals surface area contributed by atoms with Gasteiger partial charge in [0.2, 0.25) is 0 Å².